The zero-order chi connectivity index (χ0) is 25.9. The Morgan fingerprint density at radius 3 is 2.58 bits per heavy atom. The van der Waals surface area contributed by atoms with Gasteiger partial charge in [-0.2, -0.15) is 0 Å². The molecule has 15 heteroatoms. The van der Waals surface area contributed by atoms with Crippen molar-refractivity contribution in [2.45, 2.75) is 49.1 Å². The number of nitrogens with zero attached hydrogens (tertiary/aromatic N) is 5. The standard InChI is InChI=1S/C21H26N6O8S/c1-12-7-8-22-21(23-12)25-36(31,32)15-5-3-14(4-6-15)27-9-13(24-26-27)11-34-19-17(29)16(10-28)35-20(33-2)18(19)30/h3-9,16-20,28-30H,10-11H2,1-2H3,(H,22,23,25)/t16-,17+,18-,19+,20-/m1/s1. The molecule has 5 atom stereocenters. The van der Waals surface area contributed by atoms with Gasteiger partial charge in [-0.1, -0.05) is 5.21 Å². The molecule has 2 aromatic heterocycles. The van der Waals surface area contributed by atoms with Gasteiger partial charge >= 0.3 is 0 Å². The number of hydrogen-bond donors (Lipinski definition) is 4. The highest BCUT2D eigenvalue weighted by atomic mass is 32.2. The van der Waals surface area contributed by atoms with Crippen LogP contribution in [0.2, 0.25) is 0 Å². The minimum Gasteiger partial charge on any atom is -0.394 e. The van der Waals surface area contributed by atoms with Crippen LogP contribution in [0.3, 0.4) is 0 Å². The van der Waals surface area contributed by atoms with E-state index in [2.05, 4.69) is 25.0 Å². The Morgan fingerprint density at radius 1 is 1.17 bits per heavy atom. The van der Waals surface area contributed by atoms with Crippen molar-refractivity contribution in [3.63, 3.8) is 0 Å². The van der Waals surface area contributed by atoms with Gasteiger partial charge < -0.3 is 29.5 Å². The van der Waals surface area contributed by atoms with E-state index in [4.69, 9.17) is 14.2 Å². The Hall–Kier alpha value is -3.05. The summed E-state index contributed by atoms with van der Waals surface area (Å²) in [5, 5.41) is 38.1. The fourth-order valence-electron chi connectivity index (χ4n) is 3.57. The topological polar surface area (TPSA) is 191 Å². The van der Waals surface area contributed by atoms with Crippen molar-refractivity contribution < 1.29 is 37.9 Å². The Bertz CT molecular complexity index is 1260. The fourth-order valence-corrected chi connectivity index (χ4v) is 4.52. The quantitative estimate of drug-likeness (QED) is 0.272. The highest BCUT2D eigenvalue weighted by Gasteiger charge is 2.45. The van der Waals surface area contributed by atoms with Crippen molar-refractivity contribution >= 4 is 16.0 Å². The molecule has 0 spiro atoms. The fraction of sp³-hybridized carbons (Fsp3) is 0.429. The second-order valence-electron chi connectivity index (χ2n) is 7.99. The van der Waals surface area contributed by atoms with Crippen LogP contribution in [-0.2, 0) is 30.8 Å². The van der Waals surface area contributed by atoms with Gasteiger partial charge in [0.15, 0.2) is 6.29 Å². The van der Waals surface area contributed by atoms with Gasteiger partial charge in [-0.05, 0) is 37.3 Å². The zero-order valence-corrected chi connectivity index (χ0v) is 20.2. The normalized spacial score (nSPS) is 24.5. The summed E-state index contributed by atoms with van der Waals surface area (Å²) in [7, 11) is -2.57. The van der Waals surface area contributed by atoms with Crippen LogP contribution in [0.4, 0.5) is 5.95 Å². The Labute approximate surface area is 206 Å². The van der Waals surface area contributed by atoms with E-state index >= 15 is 0 Å². The van der Waals surface area contributed by atoms with Crippen LogP contribution in [0, 0.1) is 6.92 Å². The number of benzene rings is 1. The van der Waals surface area contributed by atoms with E-state index in [1.54, 1.807) is 31.3 Å². The summed E-state index contributed by atoms with van der Waals surface area (Å²) in [6.45, 7) is 1.13. The molecule has 0 aliphatic carbocycles. The lowest BCUT2D eigenvalue weighted by molar-refractivity contribution is -0.303. The minimum atomic E-state index is -3.89. The predicted molar refractivity (Wildman–Crippen MR) is 122 cm³/mol. The smallest absolute Gasteiger partial charge is 0.264 e. The molecule has 0 unspecified atom stereocenters. The summed E-state index contributed by atoms with van der Waals surface area (Å²) in [5.74, 6) is -0.0260. The SMILES string of the molecule is CO[C@@H]1O[C@H](CO)[C@H](O)[C@H](OCc2cn(-c3ccc(S(=O)(=O)Nc4nccc(C)n4)cc3)nn2)[C@H]1O. The van der Waals surface area contributed by atoms with Gasteiger partial charge in [-0.3, -0.25) is 0 Å². The summed E-state index contributed by atoms with van der Waals surface area (Å²) in [5.41, 5.74) is 1.53. The van der Waals surface area contributed by atoms with E-state index in [0.717, 1.165) is 0 Å². The van der Waals surface area contributed by atoms with E-state index in [-0.39, 0.29) is 17.5 Å². The number of hydrogen-bond acceptors (Lipinski definition) is 12. The lowest BCUT2D eigenvalue weighted by atomic mass is 9.99. The molecule has 1 aliphatic heterocycles. The number of methoxy groups -OCH3 is 1. The third-order valence-electron chi connectivity index (χ3n) is 5.45. The Kier molecular flexibility index (Phi) is 7.89. The van der Waals surface area contributed by atoms with Crippen LogP contribution in [0.25, 0.3) is 5.69 Å². The maximum absolute atomic E-state index is 12.6. The number of anilines is 1. The van der Waals surface area contributed by atoms with Gasteiger partial charge in [-0.15, -0.1) is 5.10 Å². The van der Waals surface area contributed by atoms with Crippen molar-refractivity contribution in [1.82, 2.24) is 25.0 Å². The lowest BCUT2D eigenvalue weighted by Crippen LogP contribution is -2.59. The van der Waals surface area contributed by atoms with Crippen molar-refractivity contribution in [2.75, 3.05) is 18.4 Å². The number of aliphatic hydroxyl groups excluding tert-OH is 3. The summed E-state index contributed by atoms with van der Waals surface area (Å²) < 4.78 is 45.0. The number of ether oxygens (including phenoxy) is 3. The molecule has 36 heavy (non-hydrogen) atoms. The number of rotatable bonds is 9. The molecule has 3 heterocycles. The first-order valence-corrected chi connectivity index (χ1v) is 12.3. The number of aryl methyl sites for hydroxylation is 1. The molecule has 0 amide bonds. The molecule has 1 fully saturated rings. The van der Waals surface area contributed by atoms with Crippen molar-refractivity contribution in [3.05, 3.63) is 54.1 Å². The monoisotopic (exact) mass is 522 g/mol. The summed E-state index contributed by atoms with van der Waals surface area (Å²) in [4.78, 5) is 7.95. The van der Waals surface area contributed by atoms with Gasteiger partial charge in [0.1, 0.15) is 30.1 Å². The van der Waals surface area contributed by atoms with Crippen LogP contribution >= 0.6 is 0 Å². The molecule has 4 rings (SSSR count). The van der Waals surface area contributed by atoms with E-state index in [0.29, 0.717) is 17.1 Å². The average Bonchev–Trinajstić information content (AvgIpc) is 3.33. The van der Waals surface area contributed by atoms with Crippen LogP contribution in [-0.4, -0.2) is 93.1 Å². The third-order valence-corrected chi connectivity index (χ3v) is 6.79. The predicted octanol–water partition coefficient (Wildman–Crippen LogP) is -0.863. The molecular weight excluding hydrogens is 496 g/mol. The maximum Gasteiger partial charge on any atom is 0.264 e. The minimum absolute atomic E-state index is 0.00801. The second-order valence-corrected chi connectivity index (χ2v) is 9.68. The first-order chi connectivity index (χ1) is 17.2. The van der Waals surface area contributed by atoms with Crippen LogP contribution in [0.5, 0.6) is 0 Å². The van der Waals surface area contributed by atoms with Crippen LogP contribution < -0.4 is 4.72 Å². The number of nitrogens with one attached hydrogen (secondary N) is 1. The molecule has 194 valence electrons. The first kappa shape index (κ1) is 26.0. The van der Waals surface area contributed by atoms with Gasteiger partial charge in [0.05, 0.1) is 30.0 Å². The summed E-state index contributed by atoms with van der Waals surface area (Å²) in [6.07, 6.45) is -2.73. The van der Waals surface area contributed by atoms with Crippen LogP contribution in [0.15, 0.2) is 47.6 Å². The molecular formula is C21H26N6O8S. The van der Waals surface area contributed by atoms with Gasteiger partial charge in [0, 0.05) is 19.0 Å². The molecule has 1 aromatic carbocycles. The Balaban J connectivity index is 1.41. The van der Waals surface area contributed by atoms with Crippen molar-refractivity contribution in [1.29, 1.82) is 0 Å². The van der Waals surface area contributed by atoms with E-state index in [1.165, 1.54) is 30.1 Å². The van der Waals surface area contributed by atoms with Gasteiger partial charge in [0.2, 0.25) is 5.95 Å². The highest BCUT2D eigenvalue weighted by Crippen LogP contribution is 2.25. The summed E-state index contributed by atoms with van der Waals surface area (Å²) in [6, 6.07) is 7.55. The van der Waals surface area contributed by atoms with Crippen LogP contribution in [0.1, 0.15) is 11.4 Å². The van der Waals surface area contributed by atoms with Crippen molar-refractivity contribution in [2.24, 2.45) is 0 Å². The maximum atomic E-state index is 12.6. The average molecular weight is 523 g/mol. The highest BCUT2D eigenvalue weighted by molar-refractivity contribution is 7.92. The van der Waals surface area contributed by atoms with Gasteiger partial charge in [-0.25, -0.2) is 27.8 Å². The second kappa shape index (κ2) is 10.9. The molecule has 4 N–H and O–H groups in total. The van der Waals surface area contributed by atoms with E-state index < -0.39 is 47.3 Å². The molecule has 14 nitrogen and oxygen atoms in total. The summed E-state index contributed by atoms with van der Waals surface area (Å²) >= 11 is 0. The number of sulfonamides is 1. The van der Waals surface area contributed by atoms with E-state index in [9.17, 15) is 23.7 Å². The number of aliphatic hydroxyl groups is 3. The van der Waals surface area contributed by atoms with Crippen molar-refractivity contribution in [3.8, 4) is 5.69 Å². The molecule has 0 bridgehead atoms. The molecule has 1 saturated heterocycles. The van der Waals surface area contributed by atoms with E-state index in [1.807, 2.05) is 0 Å². The molecule has 1 aliphatic rings. The Morgan fingerprint density at radius 2 is 1.92 bits per heavy atom. The number of aromatic nitrogens is 5. The zero-order valence-electron chi connectivity index (χ0n) is 19.4. The molecule has 3 aromatic rings. The molecule has 0 radical (unpaired) electrons. The molecule has 0 saturated carbocycles. The largest absolute Gasteiger partial charge is 0.394 e. The van der Waals surface area contributed by atoms with Gasteiger partial charge in [0.25, 0.3) is 10.0 Å². The first-order valence-electron chi connectivity index (χ1n) is 10.8. The lowest BCUT2D eigenvalue weighted by Gasteiger charge is -2.41. The third kappa shape index (κ3) is 5.67.